The van der Waals surface area contributed by atoms with Crippen LogP contribution in [-0.4, -0.2) is 5.78 Å². The van der Waals surface area contributed by atoms with Crippen LogP contribution in [0, 0.1) is 13.8 Å². The molecule has 0 saturated heterocycles. The van der Waals surface area contributed by atoms with Gasteiger partial charge in [0.1, 0.15) is 5.54 Å². The fourth-order valence-corrected chi connectivity index (χ4v) is 2.65. The van der Waals surface area contributed by atoms with E-state index in [1.54, 1.807) is 0 Å². The van der Waals surface area contributed by atoms with E-state index < -0.39 is 5.54 Å². The molecular formula is C14H19NO. The Morgan fingerprint density at radius 3 is 2.62 bits per heavy atom. The van der Waals surface area contributed by atoms with E-state index in [4.69, 9.17) is 5.73 Å². The lowest BCUT2D eigenvalue weighted by Gasteiger charge is -2.33. The lowest BCUT2D eigenvalue weighted by molar-refractivity contribution is -0.126. The zero-order valence-electron chi connectivity index (χ0n) is 10.0. The predicted octanol–water partition coefficient (Wildman–Crippen LogP) is 2.60. The first-order valence-corrected chi connectivity index (χ1v) is 5.94. The number of ketones is 1. The first-order chi connectivity index (χ1) is 7.54. The first kappa shape index (κ1) is 11.3. The van der Waals surface area contributed by atoms with Gasteiger partial charge in [0.15, 0.2) is 5.78 Å². The van der Waals surface area contributed by atoms with Crippen LogP contribution in [0.5, 0.6) is 0 Å². The van der Waals surface area contributed by atoms with Gasteiger partial charge in [0.2, 0.25) is 0 Å². The van der Waals surface area contributed by atoms with Crippen LogP contribution in [0.3, 0.4) is 0 Å². The fourth-order valence-electron chi connectivity index (χ4n) is 2.65. The van der Waals surface area contributed by atoms with E-state index in [9.17, 15) is 4.79 Å². The third kappa shape index (κ3) is 1.78. The SMILES string of the molecule is Cc1ccc([C@@]2(N)CCCCC2=O)c(C)c1. The van der Waals surface area contributed by atoms with Crippen LogP contribution in [-0.2, 0) is 10.3 Å². The second-order valence-corrected chi connectivity index (χ2v) is 4.92. The van der Waals surface area contributed by atoms with Crippen molar-refractivity contribution in [2.45, 2.75) is 45.1 Å². The van der Waals surface area contributed by atoms with Crippen molar-refractivity contribution in [2.24, 2.45) is 5.73 Å². The molecule has 2 nitrogen and oxygen atoms in total. The van der Waals surface area contributed by atoms with E-state index in [1.165, 1.54) is 5.56 Å². The van der Waals surface area contributed by atoms with Crippen molar-refractivity contribution in [2.75, 3.05) is 0 Å². The molecule has 1 saturated carbocycles. The molecule has 0 unspecified atom stereocenters. The Labute approximate surface area is 96.8 Å². The van der Waals surface area contributed by atoms with Crippen LogP contribution in [0.25, 0.3) is 0 Å². The van der Waals surface area contributed by atoms with Gasteiger partial charge in [-0.25, -0.2) is 0 Å². The Morgan fingerprint density at radius 1 is 1.25 bits per heavy atom. The molecule has 1 fully saturated rings. The molecular weight excluding hydrogens is 198 g/mol. The van der Waals surface area contributed by atoms with Crippen LogP contribution >= 0.6 is 0 Å². The number of hydrogen-bond acceptors (Lipinski definition) is 2. The Bertz CT molecular complexity index is 425. The molecule has 1 aromatic carbocycles. The molecule has 2 N–H and O–H groups in total. The summed E-state index contributed by atoms with van der Waals surface area (Å²) in [5, 5.41) is 0. The largest absolute Gasteiger partial charge is 0.315 e. The highest BCUT2D eigenvalue weighted by Crippen LogP contribution is 2.33. The van der Waals surface area contributed by atoms with Crippen LogP contribution < -0.4 is 5.73 Å². The Balaban J connectivity index is 2.45. The van der Waals surface area contributed by atoms with Crippen LogP contribution in [0.2, 0.25) is 0 Å². The number of rotatable bonds is 1. The van der Waals surface area contributed by atoms with Crippen molar-refractivity contribution in [1.29, 1.82) is 0 Å². The van der Waals surface area contributed by atoms with Crippen molar-refractivity contribution in [1.82, 2.24) is 0 Å². The Hall–Kier alpha value is -1.15. The standard InChI is InChI=1S/C14H19NO/c1-10-6-7-12(11(2)9-10)14(15)8-4-3-5-13(14)16/h6-7,9H,3-5,8,15H2,1-2H3/t14-/m0/s1. The summed E-state index contributed by atoms with van der Waals surface area (Å²) in [4.78, 5) is 12.0. The number of aryl methyl sites for hydroxylation is 2. The molecule has 1 aliphatic carbocycles. The van der Waals surface area contributed by atoms with E-state index in [1.807, 2.05) is 19.1 Å². The minimum Gasteiger partial charge on any atom is -0.315 e. The Morgan fingerprint density at radius 2 is 2.00 bits per heavy atom. The molecule has 0 aromatic heterocycles. The molecule has 0 radical (unpaired) electrons. The van der Waals surface area contributed by atoms with Gasteiger partial charge in [0.25, 0.3) is 0 Å². The van der Waals surface area contributed by atoms with Crippen molar-refractivity contribution < 1.29 is 4.79 Å². The molecule has 2 heteroatoms. The third-order valence-electron chi connectivity index (χ3n) is 3.59. The quantitative estimate of drug-likeness (QED) is 0.785. The maximum absolute atomic E-state index is 12.0. The van der Waals surface area contributed by atoms with Crippen molar-refractivity contribution in [3.8, 4) is 0 Å². The second kappa shape index (κ2) is 4.02. The van der Waals surface area contributed by atoms with Gasteiger partial charge in [-0.3, -0.25) is 4.79 Å². The second-order valence-electron chi connectivity index (χ2n) is 4.92. The minimum absolute atomic E-state index is 0.200. The molecule has 1 aromatic rings. The molecule has 0 aliphatic heterocycles. The highest BCUT2D eigenvalue weighted by molar-refractivity contribution is 5.90. The monoisotopic (exact) mass is 217 g/mol. The molecule has 0 bridgehead atoms. The van der Waals surface area contributed by atoms with E-state index in [2.05, 4.69) is 13.0 Å². The van der Waals surface area contributed by atoms with Gasteiger partial charge >= 0.3 is 0 Å². The molecule has 86 valence electrons. The van der Waals surface area contributed by atoms with Gasteiger partial charge in [0.05, 0.1) is 0 Å². The van der Waals surface area contributed by atoms with Crippen LogP contribution in [0.4, 0.5) is 0 Å². The van der Waals surface area contributed by atoms with Gasteiger partial charge in [0, 0.05) is 6.42 Å². The summed E-state index contributed by atoms with van der Waals surface area (Å²) in [5.74, 6) is 0.200. The summed E-state index contributed by atoms with van der Waals surface area (Å²) in [6.45, 7) is 4.10. The number of carbonyl (C=O) groups excluding carboxylic acids is 1. The molecule has 0 heterocycles. The smallest absolute Gasteiger partial charge is 0.157 e. The maximum atomic E-state index is 12.0. The zero-order valence-corrected chi connectivity index (χ0v) is 10.0. The van der Waals surface area contributed by atoms with Crippen LogP contribution in [0.15, 0.2) is 18.2 Å². The van der Waals surface area contributed by atoms with Crippen LogP contribution in [0.1, 0.15) is 42.4 Å². The molecule has 0 amide bonds. The summed E-state index contributed by atoms with van der Waals surface area (Å²) in [7, 11) is 0. The number of benzene rings is 1. The first-order valence-electron chi connectivity index (χ1n) is 5.94. The summed E-state index contributed by atoms with van der Waals surface area (Å²) in [6.07, 6.45) is 3.46. The highest BCUT2D eigenvalue weighted by atomic mass is 16.1. The fraction of sp³-hybridized carbons (Fsp3) is 0.500. The Kier molecular flexibility index (Phi) is 2.85. The number of Topliss-reactive ketones (excluding diaryl/α,β-unsaturated/α-hetero) is 1. The number of hydrogen-bond donors (Lipinski definition) is 1. The normalized spacial score (nSPS) is 25.8. The van der Waals surface area contributed by atoms with Crippen molar-refractivity contribution in [3.63, 3.8) is 0 Å². The van der Waals surface area contributed by atoms with Gasteiger partial charge in [-0.15, -0.1) is 0 Å². The molecule has 2 rings (SSSR count). The van der Waals surface area contributed by atoms with Gasteiger partial charge < -0.3 is 5.73 Å². The summed E-state index contributed by atoms with van der Waals surface area (Å²) >= 11 is 0. The molecule has 0 spiro atoms. The molecule has 1 aliphatic rings. The summed E-state index contributed by atoms with van der Waals surface area (Å²) in [6, 6.07) is 6.17. The molecule has 16 heavy (non-hydrogen) atoms. The molecule has 1 atom stereocenters. The topological polar surface area (TPSA) is 43.1 Å². The zero-order chi connectivity index (χ0) is 11.8. The van der Waals surface area contributed by atoms with Gasteiger partial charge in [-0.2, -0.15) is 0 Å². The number of nitrogens with two attached hydrogens (primary N) is 1. The van der Waals surface area contributed by atoms with E-state index in [0.29, 0.717) is 6.42 Å². The van der Waals surface area contributed by atoms with E-state index >= 15 is 0 Å². The van der Waals surface area contributed by atoms with Crippen molar-refractivity contribution >= 4 is 5.78 Å². The lowest BCUT2D eigenvalue weighted by atomic mass is 9.75. The van der Waals surface area contributed by atoms with E-state index in [0.717, 1.165) is 30.4 Å². The highest BCUT2D eigenvalue weighted by Gasteiger charge is 2.38. The maximum Gasteiger partial charge on any atom is 0.157 e. The van der Waals surface area contributed by atoms with E-state index in [-0.39, 0.29) is 5.78 Å². The lowest BCUT2D eigenvalue weighted by Crippen LogP contribution is -2.47. The average Bonchev–Trinajstić information content (AvgIpc) is 2.22. The third-order valence-corrected chi connectivity index (χ3v) is 3.59. The summed E-state index contributed by atoms with van der Waals surface area (Å²) < 4.78 is 0. The predicted molar refractivity (Wildman–Crippen MR) is 65.3 cm³/mol. The summed E-state index contributed by atoms with van der Waals surface area (Å²) in [5.41, 5.74) is 8.97. The van der Waals surface area contributed by atoms with Crippen molar-refractivity contribution in [3.05, 3.63) is 34.9 Å². The van der Waals surface area contributed by atoms with Gasteiger partial charge in [-0.05, 0) is 37.8 Å². The van der Waals surface area contributed by atoms with Gasteiger partial charge in [-0.1, -0.05) is 30.2 Å². The number of carbonyl (C=O) groups is 1. The average molecular weight is 217 g/mol. The minimum atomic E-state index is -0.726.